The van der Waals surface area contributed by atoms with E-state index in [2.05, 4.69) is 26.1 Å². The fourth-order valence-corrected chi connectivity index (χ4v) is 6.72. The summed E-state index contributed by atoms with van der Waals surface area (Å²) in [4.78, 5) is 19.8. The lowest BCUT2D eigenvalue weighted by molar-refractivity contribution is 0.102. The summed E-state index contributed by atoms with van der Waals surface area (Å²) >= 11 is 19.9. The van der Waals surface area contributed by atoms with Crippen LogP contribution in [-0.4, -0.2) is 12.1 Å². The smallest absolute Gasteiger partial charge is 0.259 e. The summed E-state index contributed by atoms with van der Waals surface area (Å²) in [5, 5.41) is 5.37. The van der Waals surface area contributed by atoms with Gasteiger partial charge in [0.05, 0.1) is 15.6 Å². The van der Waals surface area contributed by atoms with Crippen LogP contribution in [0.5, 0.6) is 5.75 Å². The Kier molecular flexibility index (Phi) is 9.10. The number of benzene rings is 3. The van der Waals surface area contributed by atoms with Crippen molar-refractivity contribution in [3.63, 3.8) is 0 Å². The van der Waals surface area contributed by atoms with Crippen molar-refractivity contribution in [3.8, 4) is 5.75 Å². The van der Waals surface area contributed by atoms with Crippen LogP contribution in [0.1, 0.15) is 59.1 Å². The summed E-state index contributed by atoms with van der Waals surface area (Å²) in [6.45, 7) is 7.20. The second-order valence-electron chi connectivity index (χ2n) is 11.3. The van der Waals surface area contributed by atoms with E-state index in [1.807, 2.05) is 30.3 Å². The van der Waals surface area contributed by atoms with Gasteiger partial charge in [-0.25, -0.2) is 4.99 Å². The predicted molar refractivity (Wildman–Crippen MR) is 173 cm³/mol. The van der Waals surface area contributed by atoms with Crippen LogP contribution in [0.4, 0.5) is 10.7 Å². The zero-order valence-electron chi connectivity index (χ0n) is 23.1. The summed E-state index contributed by atoms with van der Waals surface area (Å²) < 4.78 is 6.13. The molecule has 3 aromatic carbocycles. The molecule has 0 fully saturated rings. The number of thiophene rings is 1. The van der Waals surface area contributed by atoms with E-state index in [0.29, 0.717) is 49.6 Å². The number of amides is 1. The van der Waals surface area contributed by atoms with E-state index in [0.717, 1.165) is 36.0 Å². The lowest BCUT2D eigenvalue weighted by Gasteiger charge is -2.33. The van der Waals surface area contributed by atoms with Crippen LogP contribution in [0, 0.1) is 11.3 Å². The average Bonchev–Trinajstić information content (AvgIpc) is 3.31. The van der Waals surface area contributed by atoms with E-state index in [1.165, 1.54) is 4.88 Å². The van der Waals surface area contributed by atoms with Crippen molar-refractivity contribution < 1.29 is 9.53 Å². The third-order valence-corrected chi connectivity index (χ3v) is 9.57. The first-order chi connectivity index (χ1) is 19.6. The lowest BCUT2D eigenvalue weighted by atomic mass is 9.72. The Morgan fingerprint density at radius 2 is 1.80 bits per heavy atom. The van der Waals surface area contributed by atoms with Gasteiger partial charge in [-0.2, -0.15) is 0 Å². The number of nitrogens with zero attached hydrogens (tertiary/aromatic N) is 1. The van der Waals surface area contributed by atoms with Crippen LogP contribution in [0.15, 0.2) is 71.7 Å². The lowest BCUT2D eigenvalue weighted by Crippen LogP contribution is -2.27. The Hall–Kier alpha value is -2.83. The van der Waals surface area contributed by atoms with Gasteiger partial charge in [0.15, 0.2) is 0 Å². The molecule has 1 aromatic heterocycles. The third-order valence-electron chi connectivity index (χ3n) is 7.42. The Balaban J connectivity index is 1.44. The molecule has 4 nitrogen and oxygen atoms in total. The molecule has 0 saturated carbocycles. The Morgan fingerprint density at radius 1 is 1.05 bits per heavy atom. The van der Waals surface area contributed by atoms with Crippen molar-refractivity contribution in [2.24, 2.45) is 16.3 Å². The molecule has 1 aliphatic rings. The minimum Gasteiger partial charge on any atom is -0.488 e. The fraction of sp³-hybridized carbons (Fsp3) is 0.273. The van der Waals surface area contributed by atoms with E-state index in [-0.39, 0.29) is 11.3 Å². The molecule has 212 valence electrons. The molecule has 8 heteroatoms. The van der Waals surface area contributed by atoms with Crippen molar-refractivity contribution >= 4 is 68.9 Å². The number of aliphatic imine (C=N–C) groups is 1. The first-order valence-electron chi connectivity index (χ1n) is 13.5. The maximum Gasteiger partial charge on any atom is 0.259 e. The first kappa shape index (κ1) is 29.7. The van der Waals surface area contributed by atoms with Gasteiger partial charge in [-0.15, -0.1) is 11.3 Å². The highest BCUT2D eigenvalue weighted by molar-refractivity contribution is 7.16. The summed E-state index contributed by atoms with van der Waals surface area (Å²) in [6, 6.07) is 20.3. The Bertz CT molecular complexity index is 1590. The van der Waals surface area contributed by atoms with Gasteiger partial charge in [-0.3, -0.25) is 4.79 Å². The highest BCUT2D eigenvalue weighted by Crippen LogP contribution is 2.45. The molecule has 0 spiro atoms. The fourth-order valence-electron chi connectivity index (χ4n) is 5.00. The van der Waals surface area contributed by atoms with Crippen molar-refractivity contribution in [3.05, 3.63) is 109 Å². The van der Waals surface area contributed by atoms with Gasteiger partial charge in [0.25, 0.3) is 5.91 Å². The summed E-state index contributed by atoms with van der Waals surface area (Å²) in [7, 11) is 0. The molecule has 1 aliphatic carbocycles. The van der Waals surface area contributed by atoms with Gasteiger partial charge in [0, 0.05) is 27.4 Å². The zero-order valence-corrected chi connectivity index (χ0v) is 26.2. The molecule has 1 heterocycles. The number of carbonyl (C=O) groups excluding carboxylic acids is 1. The summed E-state index contributed by atoms with van der Waals surface area (Å²) in [5.41, 5.74) is 4.37. The van der Waals surface area contributed by atoms with Gasteiger partial charge in [0.2, 0.25) is 0 Å². The number of ether oxygens (including phenoxy) is 1. The van der Waals surface area contributed by atoms with E-state index in [4.69, 9.17) is 44.5 Å². The standard InChI is InChI=1S/C33H31Cl3N2O2S/c1-33(2,3)22-9-14-25-29(17-22)41-32(30(25)31(39)38-24-12-10-23(34)11-13-24)37-18-21-6-4-5-7-28(21)40-19-20-8-15-26(35)27(36)16-20/h4-8,10-13,15-16,18,22H,9,14,17,19H2,1-3H3,(H,38,39)/t22-/m1/s1. The molecule has 0 radical (unpaired) electrons. The topological polar surface area (TPSA) is 50.7 Å². The molecule has 1 atom stereocenters. The number of rotatable bonds is 7. The number of hydrogen-bond acceptors (Lipinski definition) is 4. The molecular weight excluding hydrogens is 595 g/mol. The number of halogens is 3. The largest absolute Gasteiger partial charge is 0.488 e. The quantitative estimate of drug-likeness (QED) is 0.208. The summed E-state index contributed by atoms with van der Waals surface area (Å²) in [5.74, 6) is 1.08. The van der Waals surface area contributed by atoms with Crippen molar-refractivity contribution in [1.29, 1.82) is 0 Å². The zero-order chi connectivity index (χ0) is 29.1. The number of para-hydroxylation sites is 1. The number of carbonyl (C=O) groups is 1. The van der Waals surface area contributed by atoms with E-state index in [1.54, 1.807) is 53.9 Å². The van der Waals surface area contributed by atoms with Crippen molar-refractivity contribution in [2.75, 3.05) is 5.32 Å². The molecule has 0 bridgehead atoms. The Labute approximate surface area is 260 Å². The summed E-state index contributed by atoms with van der Waals surface area (Å²) in [6.07, 6.45) is 4.63. The number of nitrogens with one attached hydrogen (secondary N) is 1. The van der Waals surface area contributed by atoms with Crippen molar-refractivity contribution in [1.82, 2.24) is 0 Å². The molecule has 0 aliphatic heterocycles. The van der Waals surface area contributed by atoms with E-state index in [9.17, 15) is 4.79 Å². The normalized spacial score (nSPS) is 15.1. The van der Waals surface area contributed by atoms with Gasteiger partial charge in [-0.05, 0) is 90.3 Å². The minimum atomic E-state index is -0.157. The number of fused-ring (bicyclic) bond motifs is 1. The highest BCUT2D eigenvalue weighted by Gasteiger charge is 2.33. The van der Waals surface area contributed by atoms with Gasteiger partial charge < -0.3 is 10.1 Å². The second kappa shape index (κ2) is 12.6. The van der Waals surface area contributed by atoms with Crippen LogP contribution >= 0.6 is 46.1 Å². The predicted octanol–water partition coefficient (Wildman–Crippen LogP) is 10.4. The molecule has 1 amide bonds. The van der Waals surface area contributed by atoms with E-state index < -0.39 is 0 Å². The number of anilines is 1. The molecule has 1 N–H and O–H groups in total. The molecular formula is C33H31Cl3N2O2S. The maximum absolute atomic E-state index is 13.7. The third kappa shape index (κ3) is 7.15. The Morgan fingerprint density at radius 3 is 2.54 bits per heavy atom. The van der Waals surface area contributed by atoms with Crippen LogP contribution < -0.4 is 10.1 Å². The van der Waals surface area contributed by atoms with E-state index >= 15 is 0 Å². The molecule has 41 heavy (non-hydrogen) atoms. The van der Waals surface area contributed by atoms with Crippen LogP contribution in [0.2, 0.25) is 15.1 Å². The SMILES string of the molecule is CC(C)(C)[C@@H]1CCc2c(sc(N=Cc3ccccc3OCc3ccc(Cl)c(Cl)c3)c2C(=O)Nc2ccc(Cl)cc2)C1. The average molecular weight is 626 g/mol. The molecule has 4 aromatic rings. The van der Waals surface area contributed by atoms with Gasteiger partial charge in [-0.1, -0.05) is 73.8 Å². The van der Waals surface area contributed by atoms with Crippen LogP contribution in [0.3, 0.4) is 0 Å². The van der Waals surface area contributed by atoms with Gasteiger partial charge >= 0.3 is 0 Å². The van der Waals surface area contributed by atoms with Crippen LogP contribution in [-0.2, 0) is 19.4 Å². The highest BCUT2D eigenvalue weighted by atomic mass is 35.5. The second-order valence-corrected chi connectivity index (χ2v) is 13.6. The maximum atomic E-state index is 13.7. The monoisotopic (exact) mass is 624 g/mol. The minimum absolute atomic E-state index is 0.157. The first-order valence-corrected chi connectivity index (χ1v) is 15.4. The molecule has 0 unspecified atom stereocenters. The molecule has 5 rings (SSSR count). The van der Waals surface area contributed by atoms with Crippen LogP contribution in [0.25, 0.3) is 0 Å². The number of hydrogen-bond donors (Lipinski definition) is 1. The van der Waals surface area contributed by atoms with Crippen molar-refractivity contribution in [2.45, 2.75) is 46.6 Å². The molecule has 0 saturated heterocycles. The van der Waals surface area contributed by atoms with Gasteiger partial charge in [0.1, 0.15) is 17.4 Å².